The van der Waals surface area contributed by atoms with Crippen molar-refractivity contribution in [2.45, 2.75) is 19.9 Å². The third-order valence-corrected chi connectivity index (χ3v) is 5.77. The number of aryl methyl sites for hydroxylation is 1. The number of rotatable bonds is 3. The van der Waals surface area contributed by atoms with Gasteiger partial charge in [-0.1, -0.05) is 35.9 Å². The van der Waals surface area contributed by atoms with E-state index in [1.54, 1.807) is 18.4 Å². The summed E-state index contributed by atoms with van der Waals surface area (Å²) in [4.78, 5) is 20.4. The Morgan fingerprint density at radius 1 is 1.22 bits per heavy atom. The van der Waals surface area contributed by atoms with Crippen LogP contribution in [-0.4, -0.2) is 29.6 Å². The highest BCUT2D eigenvalue weighted by Gasteiger charge is 2.24. The van der Waals surface area contributed by atoms with Gasteiger partial charge >= 0.3 is 6.03 Å². The average Bonchev–Trinajstić information content (AvgIpc) is 3.12. The van der Waals surface area contributed by atoms with Gasteiger partial charge in [-0.2, -0.15) is 0 Å². The third kappa shape index (κ3) is 3.80. The molecule has 0 radical (unpaired) electrons. The highest BCUT2D eigenvalue weighted by atomic mass is 32.1. The highest BCUT2D eigenvalue weighted by molar-refractivity contribution is 7.15. The second kappa shape index (κ2) is 7.40. The molecule has 2 aromatic carbocycles. The van der Waals surface area contributed by atoms with Gasteiger partial charge in [-0.25, -0.2) is 9.78 Å². The predicted octanol–water partition coefficient (Wildman–Crippen LogP) is 4.72. The molecule has 0 spiro atoms. The molecule has 3 aromatic rings. The van der Waals surface area contributed by atoms with Gasteiger partial charge in [0.25, 0.3) is 0 Å². The molecule has 138 valence electrons. The molecule has 2 heterocycles. The van der Waals surface area contributed by atoms with Crippen molar-refractivity contribution in [3.63, 3.8) is 0 Å². The number of anilines is 1. The molecule has 1 aliphatic heterocycles. The van der Waals surface area contributed by atoms with E-state index in [1.165, 1.54) is 5.56 Å². The second-order valence-corrected chi connectivity index (χ2v) is 7.67. The summed E-state index contributed by atoms with van der Waals surface area (Å²) in [5.41, 5.74) is 4.21. The van der Waals surface area contributed by atoms with Crippen LogP contribution in [-0.2, 0) is 13.0 Å². The van der Waals surface area contributed by atoms with E-state index in [1.807, 2.05) is 29.2 Å². The Labute approximate surface area is 162 Å². The predicted molar refractivity (Wildman–Crippen MR) is 108 cm³/mol. The maximum Gasteiger partial charge on any atom is 0.322 e. The highest BCUT2D eigenvalue weighted by Crippen LogP contribution is 2.32. The topological polar surface area (TPSA) is 54.5 Å². The summed E-state index contributed by atoms with van der Waals surface area (Å²) in [6.07, 6.45) is 0.781. The van der Waals surface area contributed by atoms with Gasteiger partial charge in [-0.15, -0.1) is 11.3 Å². The molecule has 0 saturated heterocycles. The van der Waals surface area contributed by atoms with E-state index in [0.29, 0.717) is 13.1 Å². The number of thiazole rings is 1. The van der Waals surface area contributed by atoms with Gasteiger partial charge in [0.15, 0.2) is 0 Å². The van der Waals surface area contributed by atoms with Crippen molar-refractivity contribution < 1.29 is 9.53 Å². The summed E-state index contributed by atoms with van der Waals surface area (Å²) in [7, 11) is 1.61. The standard InChI is InChI=1S/C21H21N3O2S/c1-14-6-8-15(9-7-14)20-23-18-10-11-24(13-19(18)27-20)21(25)22-16-4-3-5-17(12-16)26-2/h3-9,12H,10-11,13H2,1-2H3,(H,22,25). The van der Waals surface area contributed by atoms with Gasteiger partial charge in [-0.05, 0) is 19.1 Å². The zero-order valence-electron chi connectivity index (χ0n) is 15.4. The van der Waals surface area contributed by atoms with Crippen molar-refractivity contribution >= 4 is 23.1 Å². The molecule has 0 aliphatic carbocycles. The minimum absolute atomic E-state index is 0.0980. The molecule has 1 aromatic heterocycles. The lowest BCUT2D eigenvalue weighted by atomic mass is 10.1. The van der Waals surface area contributed by atoms with Crippen molar-refractivity contribution in [3.8, 4) is 16.3 Å². The van der Waals surface area contributed by atoms with E-state index in [9.17, 15) is 4.79 Å². The number of nitrogens with zero attached hydrogens (tertiary/aromatic N) is 2. The summed E-state index contributed by atoms with van der Waals surface area (Å²) in [5, 5.41) is 3.98. The number of hydrogen-bond acceptors (Lipinski definition) is 4. The van der Waals surface area contributed by atoms with Crippen LogP contribution in [0.5, 0.6) is 5.75 Å². The van der Waals surface area contributed by atoms with Gasteiger partial charge in [0.2, 0.25) is 0 Å². The van der Waals surface area contributed by atoms with Crippen LogP contribution in [0.2, 0.25) is 0 Å². The van der Waals surface area contributed by atoms with Crippen LogP contribution in [0, 0.1) is 6.92 Å². The van der Waals surface area contributed by atoms with Crippen LogP contribution in [0.3, 0.4) is 0 Å². The number of fused-ring (bicyclic) bond motifs is 1. The quantitative estimate of drug-likeness (QED) is 0.716. The van der Waals surface area contributed by atoms with Crippen LogP contribution in [0.25, 0.3) is 10.6 Å². The fraction of sp³-hybridized carbons (Fsp3) is 0.238. The number of amides is 2. The van der Waals surface area contributed by atoms with E-state index in [-0.39, 0.29) is 6.03 Å². The lowest BCUT2D eigenvalue weighted by Gasteiger charge is -2.26. The lowest BCUT2D eigenvalue weighted by molar-refractivity contribution is 0.207. The Morgan fingerprint density at radius 2 is 2.04 bits per heavy atom. The molecule has 6 heteroatoms. The second-order valence-electron chi connectivity index (χ2n) is 6.59. The Hall–Kier alpha value is -2.86. The summed E-state index contributed by atoms with van der Waals surface area (Å²) >= 11 is 1.68. The molecule has 0 atom stereocenters. The first-order valence-electron chi connectivity index (χ1n) is 8.88. The Kier molecular flexibility index (Phi) is 4.81. The molecular formula is C21H21N3O2S. The molecule has 0 saturated carbocycles. The van der Waals surface area contributed by atoms with E-state index in [2.05, 4.69) is 36.5 Å². The number of methoxy groups -OCH3 is 1. The van der Waals surface area contributed by atoms with Gasteiger partial charge in [0, 0.05) is 35.2 Å². The number of ether oxygens (including phenoxy) is 1. The van der Waals surface area contributed by atoms with Gasteiger partial charge in [0.05, 0.1) is 19.3 Å². The molecule has 1 aliphatic rings. The Bertz CT molecular complexity index is 966. The maximum absolute atomic E-state index is 12.6. The van der Waals surface area contributed by atoms with Gasteiger partial charge < -0.3 is 15.0 Å². The first kappa shape index (κ1) is 17.5. The van der Waals surface area contributed by atoms with E-state index < -0.39 is 0 Å². The van der Waals surface area contributed by atoms with E-state index in [4.69, 9.17) is 9.72 Å². The summed E-state index contributed by atoms with van der Waals surface area (Å²) in [6.45, 7) is 3.34. The van der Waals surface area contributed by atoms with Crippen LogP contribution >= 0.6 is 11.3 Å². The Morgan fingerprint density at radius 3 is 2.81 bits per heavy atom. The van der Waals surface area contributed by atoms with Gasteiger partial charge in [0.1, 0.15) is 10.8 Å². The molecule has 5 nitrogen and oxygen atoms in total. The van der Waals surface area contributed by atoms with Crippen LogP contribution in [0.15, 0.2) is 48.5 Å². The van der Waals surface area contributed by atoms with Crippen LogP contribution < -0.4 is 10.1 Å². The first-order valence-corrected chi connectivity index (χ1v) is 9.69. The zero-order valence-corrected chi connectivity index (χ0v) is 16.2. The lowest BCUT2D eigenvalue weighted by Crippen LogP contribution is -2.38. The first-order chi connectivity index (χ1) is 13.1. The summed E-state index contributed by atoms with van der Waals surface area (Å²) < 4.78 is 5.21. The third-order valence-electron chi connectivity index (χ3n) is 4.64. The number of carbonyl (C=O) groups excluding carboxylic acids is 1. The van der Waals surface area contributed by atoms with E-state index in [0.717, 1.165) is 39.0 Å². The van der Waals surface area contributed by atoms with Crippen molar-refractivity contribution in [2.24, 2.45) is 0 Å². The summed E-state index contributed by atoms with van der Waals surface area (Å²) in [6, 6.07) is 15.7. The molecule has 0 fully saturated rings. The fourth-order valence-electron chi connectivity index (χ4n) is 3.09. The van der Waals surface area contributed by atoms with Gasteiger partial charge in [-0.3, -0.25) is 0 Å². The van der Waals surface area contributed by atoms with Crippen molar-refractivity contribution in [3.05, 3.63) is 64.7 Å². The average molecular weight is 379 g/mol. The fourth-order valence-corrected chi connectivity index (χ4v) is 4.22. The van der Waals surface area contributed by atoms with Crippen molar-refractivity contribution in [1.82, 2.24) is 9.88 Å². The maximum atomic E-state index is 12.6. The molecule has 1 N–H and O–H groups in total. The van der Waals surface area contributed by atoms with Crippen LogP contribution in [0.1, 0.15) is 16.1 Å². The minimum Gasteiger partial charge on any atom is -0.497 e. The smallest absolute Gasteiger partial charge is 0.322 e. The van der Waals surface area contributed by atoms with E-state index >= 15 is 0 Å². The summed E-state index contributed by atoms with van der Waals surface area (Å²) in [5.74, 6) is 0.721. The van der Waals surface area contributed by atoms with Crippen molar-refractivity contribution in [1.29, 1.82) is 0 Å². The monoisotopic (exact) mass is 379 g/mol. The number of carbonyl (C=O) groups is 1. The number of hydrogen-bond donors (Lipinski definition) is 1. The molecule has 4 rings (SSSR count). The molecular weight excluding hydrogens is 358 g/mol. The Balaban J connectivity index is 1.47. The van der Waals surface area contributed by atoms with Crippen molar-refractivity contribution in [2.75, 3.05) is 19.0 Å². The number of urea groups is 1. The molecule has 0 bridgehead atoms. The zero-order chi connectivity index (χ0) is 18.8. The molecule has 0 unspecified atom stereocenters. The number of nitrogens with one attached hydrogen (secondary N) is 1. The molecule has 27 heavy (non-hydrogen) atoms. The normalized spacial score (nSPS) is 13.2. The largest absolute Gasteiger partial charge is 0.497 e. The number of aromatic nitrogens is 1. The minimum atomic E-state index is -0.0980. The number of benzene rings is 2. The molecule has 2 amide bonds. The van der Waals surface area contributed by atoms with Crippen LogP contribution in [0.4, 0.5) is 10.5 Å². The SMILES string of the molecule is COc1cccc(NC(=O)N2CCc3nc(-c4ccc(C)cc4)sc3C2)c1.